The number of benzene rings is 1. The number of ether oxygens (including phenoxy) is 1. The summed E-state index contributed by atoms with van der Waals surface area (Å²) in [6.07, 6.45) is 2.23. The minimum atomic E-state index is -0.234. The summed E-state index contributed by atoms with van der Waals surface area (Å²) in [5.41, 5.74) is 1.13. The van der Waals surface area contributed by atoms with E-state index >= 15 is 0 Å². The molecule has 1 aromatic heterocycles. The van der Waals surface area contributed by atoms with Gasteiger partial charge in [0.2, 0.25) is 0 Å². The van der Waals surface area contributed by atoms with Crippen molar-refractivity contribution in [2.75, 3.05) is 13.7 Å². The molecule has 7 heteroatoms. The first-order valence-corrected chi connectivity index (χ1v) is 8.01. The summed E-state index contributed by atoms with van der Waals surface area (Å²) in [5.74, 6) is 0.371. The third-order valence-electron chi connectivity index (χ3n) is 3.35. The van der Waals surface area contributed by atoms with Gasteiger partial charge < -0.3 is 10.1 Å². The molecule has 122 valence electrons. The SMILES string of the molecule is CCc1cc(=O)n(CCNC(=O)c2cc(OC)ccc2Br)cn1. The van der Waals surface area contributed by atoms with Crippen LogP contribution in [-0.4, -0.2) is 29.1 Å². The van der Waals surface area contributed by atoms with E-state index < -0.39 is 0 Å². The number of aryl methyl sites for hydroxylation is 1. The van der Waals surface area contributed by atoms with Gasteiger partial charge >= 0.3 is 0 Å². The van der Waals surface area contributed by atoms with E-state index in [9.17, 15) is 9.59 Å². The second kappa shape index (κ2) is 7.92. The van der Waals surface area contributed by atoms with Crippen LogP contribution in [0.2, 0.25) is 0 Å². The molecule has 0 aliphatic heterocycles. The predicted octanol–water partition coefficient (Wildman–Crippen LogP) is 2.01. The van der Waals surface area contributed by atoms with Gasteiger partial charge in [-0.1, -0.05) is 6.92 Å². The number of nitrogens with zero attached hydrogens (tertiary/aromatic N) is 2. The molecular formula is C16H18BrN3O3. The molecular weight excluding hydrogens is 362 g/mol. The lowest BCUT2D eigenvalue weighted by Gasteiger charge is -2.10. The fourth-order valence-electron chi connectivity index (χ4n) is 2.02. The Morgan fingerprint density at radius 2 is 2.17 bits per heavy atom. The summed E-state index contributed by atoms with van der Waals surface area (Å²) in [4.78, 5) is 28.3. The largest absolute Gasteiger partial charge is 0.497 e. The van der Waals surface area contributed by atoms with E-state index in [2.05, 4.69) is 26.2 Å². The van der Waals surface area contributed by atoms with Crippen LogP contribution in [0.4, 0.5) is 0 Å². The van der Waals surface area contributed by atoms with Crippen LogP contribution < -0.4 is 15.6 Å². The Labute approximate surface area is 142 Å². The van der Waals surface area contributed by atoms with Crippen molar-refractivity contribution in [3.63, 3.8) is 0 Å². The van der Waals surface area contributed by atoms with Gasteiger partial charge in [0.1, 0.15) is 5.75 Å². The summed E-state index contributed by atoms with van der Waals surface area (Å²) in [6, 6.07) is 6.69. The van der Waals surface area contributed by atoms with E-state index in [4.69, 9.17) is 4.74 Å². The van der Waals surface area contributed by atoms with E-state index in [1.54, 1.807) is 25.3 Å². The molecule has 0 aliphatic rings. The van der Waals surface area contributed by atoms with Crippen molar-refractivity contribution in [2.24, 2.45) is 0 Å². The summed E-state index contributed by atoms with van der Waals surface area (Å²) >= 11 is 3.34. The molecule has 0 radical (unpaired) electrons. The molecule has 0 saturated carbocycles. The van der Waals surface area contributed by atoms with Gasteiger partial charge in [0.25, 0.3) is 11.5 Å². The molecule has 2 rings (SSSR count). The second-order valence-electron chi connectivity index (χ2n) is 4.87. The Hall–Kier alpha value is -2.15. The molecule has 0 aliphatic carbocycles. The Morgan fingerprint density at radius 3 is 2.83 bits per heavy atom. The number of methoxy groups -OCH3 is 1. The predicted molar refractivity (Wildman–Crippen MR) is 90.9 cm³/mol. The molecule has 1 heterocycles. The number of amides is 1. The van der Waals surface area contributed by atoms with Crippen LogP contribution in [0, 0.1) is 0 Å². The maximum absolute atomic E-state index is 12.2. The smallest absolute Gasteiger partial charge is 0.253 e. The van der Waals surface area contributed by atoms with Crippen LogP contribution in [0.5, 0.6) is 5.75 Å². The first kappa shape index (κ1) is 17.2. The summed E-state index contributed by atoms with van der Waals surface area (Å²) in [6.45, 7) is 2.64. The van der Waals surface area contributed by atoms with Crippen molar-refractivity contribution in [3.8, 4) is 5.75 Å². The molecule has 1 N–H and O–H groups in total. The Kier molecular flexibility index (Phi) is 5.92. The lowest BCUT2D eigenvalue weighted by atomic mass is 10.2. The topological polar surface area (TPSA) is 73.2 Å². The highest BCUT2D eigenvalue weighted by Crippen LogP contribution is 2.22. The van der Waals surface area contributed by atoms with E-state index in [1.807, 2.05) is 6.92 Å². The maximum atomic E-state index is 12.2. The summed E-state index contributed by atoms with van der Waals surface area (Å²) < 4.78 is 7.27. The quantitative estimate of drug-likeness (QED) is 0.832. The zero-order valence-corrected chi connectivity index (χ0v) is 14.6. The highest BCUT2D eigenvalue weighted by molar-refractivity contribution is 9.10. The molecule has 0 fully saturated rings. The first-order chi connectivity index (χ1) is 11.0. The maximum Gasteiger partial charge on any atom is 0.253 e. The lowest BCUT2D eigenvalue weighted by molar-refractivity contribution is 0.0951. The van der Waals surface area contributed by atoms with Crippen LogP contribution in [0.15, 0.2) is 39.9 Å². The number of aromatic nitrogens is 2. The van der Waals surface area contributed by atoms with Gasteiger partial charge in [-0.2, -0.15) is 0 Å². The third kappa shape index (κ3) is 4.41. The number of nitrogens with one attached hydrogen (secondary N) is 1. The number of hydrogen-bond acceptors (Lipinski definition) is 4. The number of halogens is 1. The van der Waals surface area contributed by atoms with Crippen LogP contribution in [0.3, 0.4) is 0 Å². The van der Waals surface area contributed by atoms with Crippen LogP contribution in [-0.2, 0) is 13.0 Å². The first-order valence-electron chi connectivity index (χ1n) is 7.22. The number of rotatable bonds is 6. The van der Waals surface area contributed by atoms with Crippen molar-refractivity contribution in [1.82, 2.24) is 14.9 Å². The number of carbonyl (C=O) groups is 1. The molecule has 0 bridgehead atoms. The second-order valence-corrected chi connectivity index (χ2v) is 5.72. The molecule has 0 atom stereocenters. The van der Waals surface area contributed by atoms with Gasteiger partial charge in [0.15, 0.2) is 0 Å². The van der Waals surface area contributed by atoms with Gasteiger partial charge in [0, 0.05) is 29.3 Å². The molecule has 0 unspecified atom stereocenters. The average Bonchev–Trinajstić information content (AvgIpc) is 2.56. The Balaban J connectivity index is 1.99. The van der Waals surface area contributed by atoms with Gasteiger partial charge in [0.05, 0.1) is 19.0 Å². The fraction of sp³-hybridized carbons (Fsp3) is 0.312. The Morgan fingerprint density at radius 1 is 1.39 bits per heavy atom. The standard InChI is InChI=1S/C16H18BrN3O3/c1-3-11-8-15(21)20(10-19-11)7-6-18-16(22)13-9-12(23-2)4-5-14(13)17/h4-5,8-10H,3,6-7H2,1-2H3,(H,18,22). The van der Waals surface area contributed by atoms with Crippen molar-refractivity contribution in [1.29, 1.82) is 0 Å². The molecule has 6 nitrogen and oxygen atoms in total. The van der Waals surface area contributed by atoms with Crippen LogP contribution in [0.1, 0.15) is 23.0 Å². The highest BCUT2D eigenvalue weighted by atomic mass is 79.9. The van der Waals surface area contributed by atoms with E-state index in [1.165, 1.54) is 17.0 Å². The van der Waals surface area contributed by atoms with Crippen molar-refractivity contribution in [3.05, 3.63) is 56.7 Å². The van der Waals surface area contributed by atoms with Crippen molar-refractivity contribution < 1.29 is 9.53 Å². The van der Waals surface area contributed by atoms with E-state index in [0.717, 1.165) is 12.1 Å². The molecule has 1 aromatic carbocycles. The summed E-state index contributed by atoms with van der Waals surface area (Å²) in [5, 5.41) is 2.78. The van der Waals surface area contributed by atoms with E-state index in [0.29, 0.717) is 28.9 Å². The summed E-state index contributed by atoms with van der Waals surface area (Å²) in [7, 11) is 1.55. The monoisotopic (exact) mass is 379 g/mol. The molecule has 2 aromatic rings. The van der Waals surface area contributed by atoms with Crippen molar-refractivity contribution >= 4 is 21.8 Å². The van der Waals surface area contributed by atoms with Crippen LogP contribution in [0.25, 0.3) is 0 Å². The molecule has 1 amide bonds. The normalized spacial score (nSPS) is 10.4. The van der Waals surface area contributed by atoms with Crippen molar-refractivity contribution in [2.45, 2.75) is 19.9 Å². The average molecular weight is 380 g/mol. The fourth-order valence-corrected chi connectivity index (χ4v) is 2.44. The van der Waals surface area contributed by atoms with E-state index in [-0.39, 0.29) is 11.5 Å². The zero-order valence-electron chi connectivity index (χ0n) is 13.0. The van der Waals surface area contributed by atoms with Gasteiger partial charge in [-0.25, -0.2) is 4.98 Å². The van der Waals surface area contributed by atoms with Crippen LogP contribution >= 0.6 is 15.9 Å². The molecule has 0 spiro atoms. The number of carbonyl (C=O) groups excluding carboxylic acids is 1. The van der Waals surface area contributed by atoms with Gasteiger partial charge in [-0.15, -0.1) is 0 Å². The van der Waals surface area contributed by atoms with Gasteiger partial charge in [-0.3, -0.25) is 14.2 Å². The highest BCUT2D eigenvalue weighted by Gasteiger charge is 2.11. The molecule has 23 heavy (non-hydrogen) atoms. The number of hydrogen-bond donors (Lipinski definition) is 1. The minimum absolute atomic E-state index is 0.117. The van der Waals surface area contributed by atoms with Gasteiger partial charge in [-0.05, 0) is 40.5 Å². The zero-order chi connectivity index (χ0) is 16.8. The Bertz CT molecular complexity index is 758. The third-order valence-corrected chi connectivity index (χ3v) is 4.05. The molecule has 0 saturated heterocycles. The minimum Gasteiger partial charge on any atom is -0.497 e. The lowest BCUT2D eigenvalue weighted by Crippen LogP contribution is -2.31.